The van der Waals surface area contributed by atoms with Crippen LogP contribution in [0.25, 0.3) is 5.65 Å². The number of carbonyl (C=O) groups excluding carboxylic acids is 1. The van der Waals surface area contributed by atoms with Crippen LogP contribution in [0.1, 0.15) is 56.2 Å². The standard InChI is InChI=1S/C27H25F2N5O5/c1-15-9-18(4-5-20(15)27(38)39)16(2)33(14-25(35)36)13-19-11-23(32-24-7-8-31-34(19)24)26(37)30-12-17-3-6-21(28)22(29)10-17/h3-11,16H,12-14H2,1-2H3,(H,30,37)(H,35,36)(H,38,39)/t16-/m1/s1. The number of carbonyl (C=O) groups is 3. The number of amides is 1. The molecule has 4 rings (SSSR count). The predicted octanol–water partition coefficient (Wildman–Crippen LogP) is 3.59. The highest BCUT2D eigenvalue weighted by Crippen LogP contribution is 2.25. The number of aryl methyl sites for hydroxylation is 1. The number of aromatic nitrogens is 3. The Hall–Kier alpha value is -4.71. The summed E-state index contributed by atoms with van der Waals surface area (Å²) in [6.07, 6.45) is 1.49. The number of aliphatic carboxylic acids is 1. The molecule has 0 spiro atoms. The zero-order valence-electron chi connectivity index (χ0n) is 21.1. The Balaban J connectivity index is 1.61. The van der Waals surface area contributed by atoms with Crippen molar-refractivity contribution in [3.63, 3.8) is 0 Å². The summed E-state index contributed by atoms with van der Waals surface area (Å²) < 4.78 is 28.2. The molecule has 12 heteroatoms. The quantitative estimate of drug-likeness (QED) is 0.279. The molecule has 1 atom stereocenters. The van der Waals surface area contributed by atoms with E-state index in [1.54, 1.807) is 36.9 Å². The molecule has 2 aromatic carbocycles. The van der Waals surface area contributed by atoms with Gasteiger partial charge in [-0.15, -0.1) is 0 Å². The van der Waals surface area contributed by atoms with Gasteiger partial charge < -0.3 is 15.5 Å². The predicted molar refractivity (Wildman–Crippen MR) is 135 cm³/mol. The first-order valence-corrected chi connectivity index (χ1v) is 11.9. The highest BCUT2D eigenvalue weighted by molar-refractivity contribution is 5.92. The Labute approximate surface area is 221 Å². The number of rotatable bonds is 10. The SMILES string of the molecule is Cc1cc([C@@H](C)N(CC(=O)O)Cc2cc(C(=O)NCc3ccc(F)c(F)c3)nc3ccnn23)ccc1C(=O)O. The van der Waals surface area contributed by atoms with Crippen molar-refractivity contribution in [2.24, 2.45) is 0 Å². The maximum Gasteiger partial charge on any atom is 0.335 e. The number of hydrogen-bond donors (Lipinski definition) is 3. The summed E-state index contributed by atoms with van der Waals surface area (Å²) in [5, 5.41) is 25.8. The average molecular weight is 538 g/mol. The number of carboxylic acid groups (broad SMARTS) is 2. The Kier molecular flexibility index (Phi) is 7.96. The van der Waals surface area contributed by atoms with Crippen molar-refractivity contribution < 1.29 is 33.4 Å². The summed E-state index contributed by atoms with van der Waals surface area (Å²) in [4.78, 5) is 42.0. The summed E-state index contributed by atoms with van der Waals surface area (Å²) >= 11 is 0. The van der Waals surface area contributed by atoms with Gasteiger partial charge in [0.25, 0.3) is 5.91 Å². The van der Waals surface area contributed by atoms with Crippen molar-refractivity contribution in [3.05, 3.63) is 100 Å². The molecule has 1 amide bonds. The Bertz CT molecular complexity index is 1570. The molecule has 0 unspecified atom stereocenters. The molecular formula is C27H25F2N5O5. The van der Waals surface area contributed by atoms with E-state index in [1.165, 1.54) is 28.9 Å². The van der Waals surface area contributed by atoms with E-state index in [2.05, 4.69) is 15.4 Å². The molecule has 2 heterocycles. The number of aromatic carboxylic acids is 1. The molecule has 0 aliphatic rings. The van der Waals surface area contributed by atoms with Crippen LogP contribution >= 0.6 is 0 Å². The first-order chi connectivity index (χ1) is 18.5. The van der Waals surface area contributed by atoms with Crippen LogP contribution in [0.3, 0.4) is 0 Å². The largest absolute Gasteiger partial charge is 0.480 e. The second kappa shape index (κ2) is 11.4. The minimum Gasteiger partial charge on any atom is -0.480 e. The van der Waals surface area contributed by atoms with Gasteiger partial charge in [0.2, 0.25) is 0 Å². The van der Waals surface area contributed by atoms with Crippen molar-refractivity contribution in [1.82, 2.24) is 24.8 Å². The van der Waals surface area contributed by atoms with Crippen LogP contribution < -0.4 is 5.32 Å². The summed E-state index contributed by atoms with van der Waals surface area (Å²) in [6, 6.07) is 10.8. The number of benzene rings is 2. The molecule has 0 radical (unpaired) electrons. The minimum atomic E-state index is -1.07. The summed E-state index contributed by atoms with van der Waals surface area (Å²) in [5.74, 6) is -4.71. The van der Waals surface area contributed by atoms with Crippen LogP contribution in [-0.4, -0.2) is 54.1 Å². The lowest BCUT2D eigenvalue weighted by Crippen LogP contribution is -2.33. The monoisotopic (exact) mass is 537 g/mol. The molecular weight excluding hydrogens is 512 g/mol. The molecule has 2 aromatic heterocycles. The van der Waals surface area contributed by atoms with Crippen molar-refractivity contribution in [3.8, 4) is 0 Å². The summed E-state index contributed by atoms with van der Waals surface area (Å²) in [6.45, 7) is 3.13. The fraction of sp³-hybridized carbons (Fsp3) is 0.222. The van der Waals surface area contributed by atoms with Gasteiger partial charge in [-0.05, 0) is 54.8 Å². The van der Waals surface area contributed by atoms with Crippen LogP contribution in [-0.2, 0) is 17.9 Å². The third-order valence-electron chi connectivity index (χ3n) is 6.32. The highest BCUT2D eigenvalue weighted by Gasteiger charge is 2.23. The van der Waals surface area contributed by atoms with Crippen LogP contribution in [0.5, 0.6) is 0 Å². The number of hydrogen-bond acceptors (Lipinski definition) is 6. The second-order valence-electron chi connectivity index (χ2n) is 9.02. The number of nitrogens with one attached hydrogen (secondary N) is 1. The van der Waals surface area contributed by atoms with Gasteiger partial charge in [-0.3, -0.25) is 14.5 Å². The van der Waals surface area contributed by atoms with E-state index >= 15 is 0 Å². The van der Waals surface area contributed by atoms with E-state index in [4.69, 9.17) is 0 Å². The average Bonchev–Trinajstić information content (AvgIpc) is 3.37. The van der Waals surface area contributed by atoms with Crippen LogP contribution in [0.15, 0.2) is 54.7 Å². The molecule has 0 fully saturated rings. The van der Waals surface area contributed by atoms with Gasteiger partial charge in [0.1, 0.15) is 5.69 Å². The molecule has 0 saturated carbocycles. The van der Waals surface area contributed by atoms with Crippen LogP contribution in [0.4, 0.5) is 8.78 Å². The summed E-state index contributed by atoms with van der Waals surface area (Å²) in [7, 11) is 0. The third-order valence-corrected chi connectivity index (χ3v) is 6.32. The Morgan fingerprint density at radius 1 is 1.05 bits per heavy atom. The smallest absolute Gasteiger partial charge is 0.335 e. The third kappa shape index (κ3) is 6.24. The number of fused-ring (bicyclic) bond motifs is 1. The lowest BCUT2D eigenvalue weighted by Gasteiger charge is -2.28. The molecule has 0 aliphatic carbocycles. The van der Waals surface area contributed by atoms with Crippen LogP contribution in [0, 0.1) is 18.6 Å². The van der Waals surface area contributed by atoms with Gasteiger partial charge >= 0.3 is 11.9 Å². The Morgan fingerprint density at radius 2 is 1.82 bits per heavy atom. The van der Waals surface area contributed by atoms with Gasteiger partial charge in [-0.25, -0.2) is 23.1 Å². The lowest BCUT2D eigenvalue weighted by atomic mass is 10.00. The second-order valence-corrected chi connectivity index (χ2v) is 9.02. The zero-order chi connectivity index (χ0) is 28.3. The molecule has 0 bridgehead atoms. The number of halogens is 2. The molecule has 3 N–H and O–H groups in total. The van der Waals surface area contributed by atoms with Gasteiger partial charge in [0, 0.05) is 25.2 Å². The van der Waals surface area contributed by atoms with Gasteiger partial charge in [0.15, 0.2) is 17.3 Å². The van der Waals surface area contributed by atoms with E-state index in [0.717, 1.165) is 12.1 Å². The number of nitrogens with zero attached hydrogens (tertiary/aromatic N) is 4. The fourth-order valence-electron chi connectivity index (χ4n) is 4.24. The van der Waals surface area contributed by atoms with E-state index < -0.39 is 35.5 Å². The van der Waals surface area contributed by atoms with Gasteiger partial charge in [0.05, 0.1) is 24.0 Å². The lowest BCUT2D eigenvalue weighted by molar-refractivity contribution is -0.139. The molecule has 0 saturated heterocycles. The van der Waals surface area contributed by atoms with Crippen molar-refractivity contribution in [2.75, 3.05) is 6.54 Å². The molecule has 4 aromatic rings. The Morgan fingerprint density at radius 3 is 2.49 bits per heavy atom. The summed E-state index contributed by atoms with van der Waals surface area (Å²) in [5.41, 5.74) is 2.64. The van der Waals surface area contributed by atoms with E-state index in [-0.39, 0.29) is 30.9 Å². The van der Waals surface area contributed by atoms with Gasteiger partial charge in [-0.2, -0.15) is 5.10 Å². The van der Waals surface area contributed by atoms with Gasteiger partial charge in [-0.1, -0.05) is 18.2 Å². The first-order valence-electron chi connectivity index (χ1n) is 11.9. The highest BCUT2D eigenvalue weighted by atomic mass is 19.2. The molecule has 0 aliphatic heterocycles. The van der Waals surface area contributed by atoms with Crippen molar-refractivity contribution in [1.29, 1.82) is 0 Å². The van der Waals surface area contributed by atoms with Crippen molar-refractivity contribution >= 4 is 23.5 Å². The first kappa shape index (κ1) is 27.3. The fourth-order valence-corrected chi connectivity index (χ4v) is 4.24. The maximum atomic E-state index is 13.5. The molecule has 39 heavy (non-hydrogen) atoms. The van der Waals surface area contributed by atoms with Crippen molar-refractivity contribution in [2.45, 2.75) is 33.0 Å². The molecule has 202 valence electrons. The zero-order valence-corrected chi connectivity index (χ0v) is 21.1. The number of carboxylic acids is 2. The minimum absolute atomic E-state index is 0.0326. The normalized spacial score (nSPS) is 12.0. The maximum absolute atomic E-state index is 13.5. The molecule has 10 nitrogen and oxygen atoms in total. The van der Waals surface area contributed by atoms with E-state index in [0.29, 0.717) is 28.0 Å². The van der Waals surface area contributed by atoms with Crippen LogP contribution in [0.2, 0.25) is 0 Å². The topological polar surface area (TPSA) is 137 Å². The van der Waals surface area contributed by atoms with E-state index in [1.807, 2.05) is 0 Å². The van der Waals surface area contributed by atoms with E-state index in [9.17, 15) is 33.4 Å².